The van der Waals surface area contributed by atoms with Crippen molar-refractivity contribution in [3.05, 3.63) is 100 Å². The van der Waals surface area contributed by atoms with Gasteiger partial charge in [0.2, 0.25) is 0 Å². The Balaban J connectivity index is 1.92. The Morgan fingerprint density at radius 3 is 2.42 bits per heavy atom. The summed E-state index contributed by atoms with van der Waals surface area (Å²) in [4.78, 5) is 26.8. The first-order valence-corrected chi connectivity index (χ1v) is 10.9. The van der Waals surface area contributed by atoms with E-state index in [0.717, 1.165) is 20.6 Å². The molecule has 0 fully saturated rings. The van der Waals surface area contributed by atoms with Crippen molar-refractivity contribution < 1.29 is 9.59 Å². The molecule has 3 aromatic rings. The Morgan fingerprint density at radius 1 is 1.09 bits per heavy atom. The van der Waals surface area contributed by atoms with Crippen LogP contribution in [0.1, 0.15) is 12.5 Å². The summed E-state index contributed by atoms with van der Waals surface area (Å²) in [6, 6.07) is 19.3. The van der Waals surface area contributed by atoms with Crippen LogP contribution >= 0.6 is 15.9 Å². The van der Waals surface area contributed by atoms with Crippen LogP contribution in [-0.4, -0.2) is 33.0 Å². The number of amides is 2. The number of para-hydroxylation sites is 1. The molecule has 0 saturated heterocycles. The molecule has 0 aliphatic carbocycles. The van der Waals surface area contributed by atoms with Gasteiger partial charge in [-0.3, -0.25) is 14.5 Å². The lowest BCUT2D eigenvalue weighted by molar-refractivity contribution is -0.139. The third-order valence-electron chi connectivity index (χ3n) is 5.32. The maximum absolute atomic E-state index is 13.2. The van der Waals surface area contributed by atoms with E-state index >= 15 is 0 Å². The minimum absolute atomic E-state index is 0.0241. The maximum atomic E-state index is 13.2. The average molecular weight is 499 g/mol. The fourth-order valence-corrected chi connectivity index (χ4v) is 3.88. The van der Waals surface area contributed by atoms with Crippen LogP contribution in [0.4, 0.5) is 0 Å². The quantitative estimate of drug-likeness (QED) is 0.279. The largest absolute Gasteiger partial charge is 0.271 e. The molecule has 1 aliphatic rings. The molecule has 6 nitrogen and oxygen atoms in total. The second kappa shape index (κ2) is 9.23. The van der Waals surface area contributed by atoms with Crippen molar-refractivity contribution in [2.45, 2.75) is 6.92 Å². The zero-order chi connectivity index (χ0) is 23.5. The van der Waals surface area contributed by atoms with Crippen LogP contribution in [0.3, 0.4) is 0 Å². The number of nitriles is 1. The van der Waals surface area contributed by atoms with Crippen molar-refractivity contribution in [3.63, 3.8) is 0 Å². The summed E-state index contributed by atoms with van der Waals surface area (Å²) in [5.41, 5.74) is 3.66. The molecule has 7 heteroatoms. The summed E-state index contributed by atoms with van der Waals surface area (Å²) in [5, 5.41) is 14.3. The third kappa shape index (κ3) is 4.21. The molecule has 4 rings (SSSR count). The number of halogens is 1. The van der Waals surface area contributed by atoms with Crippen molar-refractivity contribution in [2.24, 2.45) is 0 Å². The normalized spacial score (nSPS) is 15.2. The summed E-state index contributed by atoms with van der Waals surface area (Å²) in [7, 11) is 0. The summed E-state index contributed by atoms with van der Waals surface area (Å²) in [6.07, 6.45) is 4.99. The van der Waals surface area contributed by atoms with Crippen LogP contribution in [0.25, 0.3) is 23.0 Å². The fourth-order valence-electron chi connectivity index (χ4n) is 3.62. The van der Waals surface area contributed by atoms with Gasteiger partial charge in [-0.1, -0.05) is 52.3 Å². The number of carbonyl (C=O) groups excluding carboxylic acids is 2. The van der Waals surface area contributed by atoms with Gasteiger partial charge < -0.3 is 0 Å². The van der Waals surface area contributed by atoms with Gasteiger partial charge in [0.25, 0.3) is 11.8 Å². The molecule has 1 aliphatic heterocycles. The van der Waals surface area contributed by atoms with E-state index in [9.17, 15) is 14.9 Å². The van der Waals surface area contributed by atoms with Crippen LogP contribution in [0.15, 0.2) is 94.6 Å². The van der Waals surface area contributed by atoms with E-state index < -0.39 is 11.8 Å². The van der Waals surface area contributed by atoms with Gasteiger partial charge in [0, 0.05) is 33.9 Å². The van der Waals surface area contributed by atoms with E-state index in [4.69, 9.17) is 5.10 Å². The summed E-state index contributed by atoms with van der Waals surface area (Å²) in [6.45, 7) is 5.26. The predicted molar refractivity (Wildman–Crippen MR) is 130 cm³/mol. The molecule has 162 valence electrons. The summed E-state index contributed by atoms with van der Waals surface area (Å²) in [5.74, 6) is -1.07. The Morgan fingerprint density at radius 2 is 1.79 bits per heavy atom. The zero-order valence-electron chi connectivity index (χ0n) is 17.8. The minimum atomic E-state index is -0.606. The lowest BCUT2D eigenvalue weighted by Gasteiger charge is -2.26. The van der Waals surface area contributed by atoms with Crippen molar-refractivity contribution in [1.29, 1.82) is 5.26 Å². The SMILES string of the molecule is C=CCN1C(=O)C(C#N)=C(C)/C(=C\c2cn(-c3ccccc3)nc2-c2ccc(Br)cc2)C1=O. The number of rotatable bonds is 5. The first kappa shape index (κ1) is 22.2. The molecule has 0 spiro atoms. The van der Waals surface area contributed by atoms with E-state index in [1.165, 1.54) is 6.08 Å². The Labute approximate surface area is 199 Å². The highest BCUT2D eigenvalue weighted by atomic mass is 79.9. The number of nitrogens with zero attached hydrogens (tertiary/aromatic N) is 4. The van der Waals surface area contributed by atoms with E-state index in [0.29, 0.717) is 16.8 Å². The molecule has 0 N–H and O–H groups in total. The van der Waals surface area contributed by atoms with Gasteiger partial charge in [0.05, 0.1) is 11.4 Å². The van der Waals surface area contributed by atoms with Gasteiger partial charge in [-0.25, -0.2) is 4.68 Å². The van der Waals surface area contributed by atoms with Crippen molar-refractivity contribution >= 4 is 33.8 Å². The molecule has 0 saturated carbocycles. The smallest absolute Gasteiger partial charge is 0.270 e. The second-order valence-electron chi connectivity index (χ2n) is 7.40. The van der Waals surface area contributed by atoms with E-state index in [-0.39, 0.29) is 17.7 Å². The molecule has 0 unspecified atom stereocenters. The van der Waals surface area contributed by atoms with E-state index in [1.807, 2.05) is 66.9 Å². The van der Waals surface area contributed by atoms with Crippen LogP contribution in [0.5, 0.6) is 0 Å². The molecule has 33 heavy (non-hydrogen) atoms. The van der Waals surface area contributed by atoms with Crippen LogP contribution in [0, 0.1) is 11.3 Å². The number of aromatic nitrogens is 2. The van der Waals surface area contributed by atoms with E-state index in [2.05, 4.69) is 22.5 Å². The highest BCUT2D eigenvalue weighted by molar-refractivity contribution is 9.10. The van der Waals surface area contributed by atoms with Gasteiger partial charge >= 0.3 is 0 Å². The molecule has 2 aromatic carbocycles. The Kier molecular flexibility index (Phi) is 6.20. The Bertz CT molecular complexity index is 1360. The first-order valence-electron chi connectivity index (χ1n) is 10.2. The number of carbonyl (C=O) groups is 2. The minimum Gasteiger partial charge on any atom is -0.270 e. The van der Waals surface area contributed by atoms with Gasteiger partial charge in [0.15, 0.2) is 0 Å². The first-order chi connectivity index (χ1) is 15.9. The zero-order valence-corrected chi connectivity index (χ0v) is 19.4. The van der Waals surface area contributed by atoms with Crippen molar-refractivity contribution in [2.75, 3.05) is 6.54 Å². The Hall–Kier alpha value is -4.02. The molecule has 2 amide bonds. The molecule has 0 bridgehead atoms. The maximum Gasteiger partial charge on any atom is 0.271 e. The fraction of sp³-hybridized carbons (Fsp3) is 0.0769. The lowest BCUT2D eigenvalue weighted by atomic mass is 9.93. The van der Waals surface area contributed by atoms with E-state index in [1.54, 1.807) is 17.7 Å². The molecular weight excluding hydrogens is 480 g/mol. The van der Waals surface area contributed by atoms with Crippen LogP contribution in [-0.2, 0) is 9.59 Å². The van der Waals surface area contributed by atoms with Gasteiger partial charge in [-0.05, 0) is 42.8 Å². The topological polar surface area (TPSA) is 79.0 Å². The summed E-state index contributed by atoms with van der Waals surface area (Å²) >= 11 is 3.45. The molecule has 0 atom stereocenters. The monoisotopic (exact) mass is 498 g/mol. The number of hydrogen-bond donors (Lipinski definition) is 0. The second-order valence-corrected chi connectivity index (χ2v) is 8.32. The average Bonchev–Trinajstić information content (AvgIpc) is 3.25. The van der Waals surface area contributed by atoms with Crippen molar-refractivity contribution in [1.82, 2.24) is 14.7 Å². The summed E-state index contributed by atoms with van der Waals surface area (Å²) < 4.78 is 2.68. The van der Waals surface area contributed by atoms with Crippen LogP contribution in [0.2, 0.25) is 0 Å². The molecule has 2 heterocycles. The number of imide groups is 1. The van der Waals surface area contributed by atoms with Gasteiger partial charge in [-0.2, -0.15) is 10.4 Å². The molecule has 1 aromatic heterocycles. The lowest BCUT2D eigenvalue weighted by Crippen LogP contribution is -2.42. The van der Waals surface area contributed by atoms with Gasteiger partial charge in [0.1, 0.15) is 11.6 Å². The standard InChI is InChI=1S/C26H19BrN4O2/c1-3-13-30-25(32)22(17(2)23(15-28)26(30)33)14-19-16-31(21-7-5-4-6-8-21)29-24(19)18-9-11-20(27)12-10-18/h3-12,14,16H,1,13H2,2H3/b22-14+. The highest BCUT2D eigenvalue weighted by Crippen LogP contribution is 2.31. The molecular formula is C26H19BrN4O2. The third-order valence-corrected chi connectivity index (χ3v) is 5.85. The highest BCUT2D eigenvalue weighted by Gasteiger charge is 2.35. The number of hydrogen-bond acceptors (Lipinski definition) is 4. The van der Waals surface area contributed by atoms with Crippen molar-refractivity contribution in [3.8, 4) is 23.0 Å². The van der Waals surface area contributed by atoms with Gasteiger partial charge in [-0.15, -0.1) is 6.58 Å². The number of benzene rings is 2. The predicted octanol–water partition coefficient (Wildman–Crippen LogP) is 5.08. The molecule has 0 radical (unpaired) electrons. The van der Waals surface area contributed by atoms with Crippen LogP contribution < -0.4 is 0 Å².